The summed E-state index contributed by atoms with van der Waals surface area (Å²) in [5, 5.41) is 9.76. The van der Waals surface area contributed by atoms with Gasteiger partial charge in [0, 0.05) is 12.7 Å². The molecule has 1 aromatic rings. The SMILES string of the molecule is COc1ccc(N(C)C(=O)C(C)(C)O)c(C)c1C. The molecule has 0 saturated heterocycles. The van der Waals surface area contributed by atoms with Crippen LogP contribution in [0.15, 0.2) is 12.1 Å². The van der Waals surface area contributed by atoms with Crippen molar-refractivity contribution in [2.75, 3.05) is 19.1 Å². The van der Waals surface area contributed by atoms with Gasteiger partial charge in [-0.25, -0.2) is 0 Å². The number of nitrogens with zero attached hydrogens (tertiary/aromatic N) is 1. The van der Waals surface area contributed by atoms with Crippen molar-refractivity contribution >= 4 is 11.6 Å². The molecule has 4 heteroatoms. The van der Waals surface area contributed by atoms with Gasteiger partial charge < -0.3 is 14.7 Å². The molecule has 0 aliphatic carbocycles. The van der Waals surface area contributed by atoms with E-state index in [2.05, 4.69) is 0 Å². The summed E-state index contributed by atoms with van der Waals surface area (Å²) in [7, 11) is 3.28. The highest BCUT2D eigenvalue weighted by Crippen LogP contribution is 2.30. The molecule has 0 bridgehead atoms. The van der Waals surface area contributed by atoms with Gasteiger partial charge in [-0.1, -0.05) is 0 Å². The molecule has 18 heavy (non-hydrogen) atoms. The largest absolute Gasteiger partial charge is 0.496 e. The molecule has 0 saturated carbocycles. The van der Waals surface area contributed by atoms with Crippen LogP contribution in [0.1, 0.15) is 25.0 Å². The monoisotopic (exact) mass is 251 g/mol. The van der Waals surface area contributed by atoms with Crippen LogP contribution in [0, 0.1) is 13.8 Å². The number of hydrogen-bond donors (Lipinski definition) is 1. The molecule has 0 aromatic heterocycles. The third kappa shape index (κ3) is 2.64. The summed E-state index contributed by atoms with van der Waals surface area (Å²) in [4.78, 5) is 13.5. The number of aliphatic hydroxyl groups is 1. The van der Waals surface area contributed by atoms with E-state index < -0.39 is 5.60 Å². The van der Waals surface area contributed by atoms with Crippen LogP contribution in [-0.4, -0.2) is 30.8 Å². The Hall–Kier alpha value is -1.55. The van der Waals surface area contributed by atoms with Crippen LogP contribution in [0.5, 0.6) is 5.75 Å². The predicted molar refractivity (Wildman–Crippen MR) is 72.2 cm³/mol. The third-order valence-corrected chi connectivity index (χ3v) is 3.12. The summed E-state index contributed by atoms with van der Waals surface area (Å²) in [6, 6.07) is 3.65. The molecule has 0 atom stereocenters. The summed E-state index contributed by atoms with van der Waals surface area (Å²) >= 11 is 0. The van der Waals surface area contributed by atoms with Crippen molar-refractivity contribution in [3.05, 3.63) is 23.3 Å². The molecular weight excluding hydrogens is 230 g/mol. The number of rotatable bonds is 3. The Labute approximate surface area is 108 Å². The lowest BCUT2D eigenvalue weighted by Crippen LogP contribution is -2.43. The molecule has 1 amide bonds. The second kappa shape index (κ2) is 4.98. The number of ether oxygens (including phenoxy) is 1. The van der Waals surface area contributed by atoms with Gasteiger partial charge in [-0.15, -0.1) is 0 Å². The van der Waals surface area contributed by atoms with Gasteiger partial charge in [0.25, 0.3) is 5.91 Å². The first-order valence-corrected chi connectivity index (χ1v) is 5.85. The van der Waals surface area contributed by atoms with E-state index in [4.69, 9.17) is 4.74 Å². The molecule has 1 aromatic carbocycles. The van der Waals surface area contributed by atoms with Gasteiger partial charge in [-0.2, -0.15) is 0 Å². The zero-order valence-electron chi connectivity index (χ0n) is 11.9. The number of anilines is 1. The van der Waals surface area contributed by atoms with E-state index in [1.54, 1.807) is 14.2 Å². The van der Waals surface area contributed by atoms with Crippen molar-refractivity contribution in [2.45, 2.75) is 33.3 Å². The van der Waals surface area contributed by atoms with Crippen LogP contribution < -0.4 is 9.64 Å². The number of carbonyl (C=O) groups is 1. The van der Waals surface area contributed by atoms with Crippen molar-refractivity contribution < 1.29 is 14.6 Å². The summed E-state index contributed by atoms with van der Waals surface area (Å²) < 4.78 is 5.24. The Morgan fingerprint density at radius 3 is 2.28 bits per heavy atom. The van der Waals surface area contributed by atoms with Crippen molar-refractivity contribution in [3.8, 4) is 5.75 Å². The summed E-state index contributed by atoms with van der Waals surface area (Å²) in [5.74, 6) is 0.454. The Morgan fingerprint density at radius 1 is 1.28 bits per heavy atom. The zero-order valence-corrected chi connectivity index (χ0v) is 11.9. The molecule has 1 N–H and O–H groups in total. The van der Waals surface area contributed by atoms with Gasteiger partial charge in [-0.05, 0) is 51.0 Å². The number of benzene rings is 1. The lowest BCUT2D eigenvalue weighted by Gasteiger charge is -2.27. The van der Waals surface area contributed by atoms with E-state index in [0.717, 1.165) is 22.6 Å². The van der Waals surface area contributed by atoms with Crippen molar-refractivity contribution in [3.63, 3.8) is 0 Å². The van der Waals surface area contributed by atoms with Crippen LogP contribution in [0.25, 0.3) is 0 Å². The minimum absolute atomic E-state index is 0.338. The van der Waals surface area contributed by atoms with Gasteiger partial charge in [0.1, 0.15) is 11.4 Å². The average Bonchev–Trinajstić information content (AvgIpc) is 2.29. The van der Waals surface area contributed by atoms with Crippen LogP contribution in [0.3, 0.4) is 0 Å². The Bertz CT molecular complexity index is 461. The van der Waals surface area contributed by atoms with Gasteiger partial charge >= 0.3 is 0 Å². The van der Waals surface area contributed by atoms with E-state index in [1.165, 1.54) is 18.7 Å². The van der Waals surface area contributed by atoms with E-state index >= 15 is 0 Å². The molecule has 0 unspecified atom stereocenters. The smallest absolute Gasteiger partial charge is 0.258 e. The fraction of sp³-hybridized carbons (Fsp3) is 0.500. The van der Waals surface area contributed by atoms with E-state index in [-0.39, 0.29) is 5.91 Å². The molecule has 0 spiro atoms. The van der Waals surface area contributed by atoms with E-state index in [0.29, 0.717) is 0 Å². The number of hydrogen-bond acceptors (Lipinski definition) is 3. The van der Waals surface area contributed by atoms with Gasteiger partial charge in [0.2, 0.25) is 0 Å². The summed E-state index contributed by atoms with van der Waals surface area (Å²) in [6.07, 6.45) is 0. The topological polar surface area (TPSA) is 49.8 Å². The minimum atomic E-state index is -1.38. The lowest BCUT2D eigenvalue weighted by atomic mass is 10.0. The second-order valence-corrected chi connectivity index (χ2v) is 4.96. The van der Waals surface area contributed by atoms with Crippen LogP contribution in [-0.2, 0) is 4.79 Å². The Morgan fingerprint density at radius 2 is 1.83 bits per heavy atom. The first kappa shape index (κ1) is 14.5. The highest BCUT2D eigenvalue weighted by atomic mass is 16.5. The fourth-order valence-electron chi connectivity index (χ4n) is 1.89. The molecule has 0 fully saturated rings. The predicted octanol–water partition coefficient (Wildman–Crippen LogP) is 2.05. The maximum Gasteiger partial charge on any atom is 0.258 e. The highest BCUT2D eigenvalue weighted by molar-refractivity contribution is 5.99. The zero-order chi connectivity index (χ0) is 14.1. The van der Waals surface area contributed by atoms with E-state index in [9.17, 15) is 9.90 Å². The third-order valence-electron chi connectivity index (χ3n) is 3.12. The summed E-state index contributed by atoms with van der Waals surface area (Å²) in [5.41, 5.74) is 1.36. The van der Waals surface area contributed by atoms with E-state index in [1.807, 2.05) is 26.0 Å². The molecule has 100 valence electrons. The van der Waals surface area contributed by atoms with Crippen molar-refractivity contribution in [1.82, 2.24) is 0 Å². The Balaban J connectivity index is 3.19. The molecule has 0 radical (unpaired) electrons. The maximum atomic E-state index is 12.0. The Kier molecular flexibility index (Phi) is 4.02. The first-order chi connectivity index (χ1) is 8.20. The number of methoxy groups -OCH3 is 1. The average molecular weight is 251 g/mol. The summed E-state index contributed by atoms with van der Waals surface area (Å²) in [6.45, 7) is 6.84. The van der Waals surface area contributed by atoms with Gasteiger partial charge in [-0.3, -0.25) is 4.79 Å². The minimum Gasteiger partial charge on any atom is -0.496 e. The molecule has 0 aliphatic rings. The number of carbonyl (C=O) groups excluding carboxylic acids is 1. The number of likely N-dealkylation sites (N-methyl/N-ethyl adjacent to an activating group) is 1. The molecule has 0 heterocycles. The maximum absolute atomic E-state index is 12.0. The van der Waals surface area contributed by atoms with Gasteiger partial charge in [0.05, 0.1) is 7.11 Å². The number of amides is 1. The molecule has 1 rings (SSSR count). The second-order valence-electron chi connectivity index (χ2n) is 4.96. The standard InChI is InChI=1S/C14H21NO3/c1-9-10(2)12(18-6)8-7-11(9)15(5)13(16)14(3,4)17/h7-8,17H,1-6H3. The molecule has 4 nitrogen and oxygen atoms in total. The quantitative estimate of drug-likeness (QED) is 0.894. The van der Waals surface area contributed by atoms with Crippen molar-refractivity contribution in [1.29, 1.82) is 0 Å². The fourth-order valence-corrected chi connectivity index (χ4v) is 1.89. The van der Waals surface area contributed by atoms with Crippen LogP contribution in [0.4, 0.5) is 5.69 Å². The molecule has 0 aliphatic heterocycles. The first-order valence-electron chi connectivity index (χ1n) is 5.85. The highest BCUT2D eigenvalue weighted by Gasteiger charge is 2.29. The van der Waals surface area contributed by atoms with Crippen LogP contribution >= 0.6 is 0 Å². The van der Waals surface area contributed by atoms with Crippen molar-refractivity contribution in [2.24, 2.45) is 0 Å². The lowest BCUT2D eigenvalue weighted by molar-refractivity contribution is -0.133. The normalized spacial score (nSPS) is 11.3. The molecular formula is C14H21NO3. The van der Waals surface area contributed by atoms with Crippen LogP contribution in [0.2, 0.25) is 0 Å². The van der Waals surface area contributed by atoms with Gasteiger partial charge in [0.15, 0.2) is 0 Å².